The van der Waals surface area contributed by atoms with Crippen LogP contribution in [0.4, 0.5) is 0 Å². The predicted molar refractivity (Wildman–Crippen MR) is 91.1 cm³/mol. The van der Waals surface area contributed by atoms with Gasteiger partial charge in [-0.25, -0.2) is 0 Å². The van der Waals surface area contributed by atoms with Gasteiger partial charge in [0.15, 0.2) is 5.96 Å². The van der Waals surface area contributed by atoms with Crippen molar-refractivity contribution in [3.05, 3.63) is 0 Å². The average molecular weight is 304 g/mol. The van der Waals surface area contributed by atoms with Crippen molar-refractivity contribution in [3.8, 4) is 0 Å². The summed E-state index contributed by atoms with van der Waals surface area (Å²) in [6.07, 6.45) is 12.8. The van der Waals surface area contributed by atoms with Crippen LogP contribution in [0.2, 0.25) is 0 Å². The molecule has 1 saturated heterocycles. The van der Waals surface area contributed by atoms with Gasteiger partial charge in [0.1, 0.15) is 0 Å². The zero-order valence-corrected chi connectivity index (χ0v) is 14.1. The van der Waals surface area contributed by atoms with Crippen LogP contribution in [0.3, 0.4) is 0 Å². The SMILES string of the molecule is CN=C(NC1CCN(C2CC2)C1)NC1CC1C1CCCCC1. The lowest BCUT2D eigenvalue weighted by Gasteiger charge is -2.22. The molecule has 1 aliphatic heterocycles. The first-order valence-corrected chi connectivity index (χ1v) is 9.57. The summed E-state index contributed by atoms with van der Waals surface area (Å²) in [6.45, 7) is 2.48. The number of nitrogens with one attached hydrogen (secondary N) is 2. The highest BCUT2D eigenvalue weighted by atomic mass is 15.3. The molecule has 1 heterocycles. The molecular formula is C18H32N4. The lowest BCUT2D eigenvalue weighted by Crippen LogP contribution is -2.46. The zero-order valence-electron chi connectivity index (χ0n) is 14.1. The Hall–Kier alpha value is -0.770. The van der Waals surface area contributed by atoms with Crippen LogP contribution in [0.15, 0.2) is 4.99 Å². The van der Waals surface area contributed by atoms with E-state index < -0.39 is 0 Å². The minimum absolute atomic E-state index is 0.596. The molecule has 4 aliphatic rings. The molecular weight excluding hydrogens is 272 g/mol. The fraction of sp³-hybridized carbons (Fsp3) is 0.944. The van der Waals surface area contributed by atoms with Crippen LogP contribution in [0, 0.1) is 11.8 Å². The normalized spacial score (nSPS) is 37.3. The van der Waals surface area contributed by atoms with Gasteiger partial charge in [0, 0.05) is 38.3 Å². The van der Waals surface area contributed by atoms with Crippen LogP contribution in [0.5, 0.6) is 0 Å². The van der Waals surface area contributed by atoms with Crippen molar-refractivity contribution in [2.45, 2.75) is 75.9 Å². The van der Waals surface area contributed by atoms with Gasteiger partial charge in [-0.3, -0.25) is 9.89 Å². The van der Waals surface area contributed by atoms with E-state index in [1.54, 1.807) is 0 Å². The number of guanidine groups is 1. The van der Waals surface area contributed by atoms with Crippen LogP contribution in [-0.2, 0) is 0 Å². The fourth-order valence-corrected chi connectivity index (χ4v) is 4.68. The second-order valence-electron chi connectivity index (χ2n) is 7.98. The second kappa shape index (κ2) is 6.38. The first-order valence-electron chi connectivity index (χ1n) is 9.57. The van der Waals surface area contributed by atoms with E-state index in [1.165, 1.54) is 70.9 Å². The molecule has 4 rings (SSSR count). The molecule has 2 N–H and O–H groups in total. The quantitative estimate of drug-likeness (QED) is 0.619. The van der Waals surface area contributed by atoms with E-state index in [9.17, 15) is 0 Å². The maximum Gasteiger partial charge on any atom is 0.191 e. The molecule has 4 fully saturated rings. The Kier molecular flexibility index (Phi) is 4.29. The van der Waals surface area contributed by atoms with Gasteiger partial charge in [0.05, 0.1) is 0 Å². The summed E-state index contributed by atoms with van der Waals surface area (Å²) < 4.78 is 0. The Morgan fingerprint density at radius 3 is 2.55 bits per heavy atom. The summed E-state index contributed by atoms with van der Waals surface area (Å²) in [4.78, 5) is 7.13. The summed E-state index contributed by atoms with van der Waals surface area (Å²) in [5.41, 5.74) is 0. The van der Waals surface area contributed by atoms with E-state index in [0.29, 0.717) is 12.1 Å². The number of hydrogen-bond donors (Lipinski definition) is 2. The monoisotopic (exact) mass is 304 g/mol. The molecule has 3 aliphatic carbocycles. The van der Waals surface area contributed by atoms with Crippen LogP contribution < -0.4 is 10.6 Å². The molecule has 0 bridgehead atoms. The lowest BCUT2D eigenvalue weighted by molar-refractivity contribution is 0.315. The fourth-order valence-electron chi connectivity index (χ4n) is 4.68. The number of nitrogens with zero attached hydrogens (tertiary/aromatic N) is 2. The van der Waals surface area contributed by atoms with Crippen molar-refractivity contribution < 1.29 is 0 Å². The Labute approximate surface area is 135 Å². The highest BCUT2D eigenvalue weighted by Gasteiger charge is 2.43. The smallest absolute Gasteiger partial charge is 0.191 e. The molecule has 0 radical (unpaired) electrons. The van der Waals surface area contributed by atoms with Crippen molar-refractivity contribution in [1.29, 1.82) is 0 Å². The number of likely N-dealkylation sites (tertiary alicyclic amines) is 1. The van der Waals surface area contributed by atoms with Gasteiger partial charge >= 0.3 is 0 Å². The van der Waals surface area contributed by atoms with Crippen LogP contribution >= 0.6 is 0 Å². The van der Waals surface area contributed by atoms with Gasteiger partial charge in [-0.15, -0.1) is 0 Å². The molecule has 3 atom stereocenters. The molecule has 4 heteroatoms. The molecule has 0 amide bonds. The van der Waals surface area contributed by atoms with Crippen molar-refractivity contribution >= 4 is 5.96 Å². The predicted octanol–water partition coefficient (Wildman–Crippen LogP) is 2.36. The molecule has 0 aromatic heterocycles. The van der Waals surface area contributed by atoms with Gasteiger partial charge in [0.25, 0.3) is 0 Å². The largest absolute Gasteiger partial charge is 0.353 e. The maximum atomic E-state index is 4.47. The third-order valence-corrected chi connectivity index (χ3v) is 6.26. The lowest BCUT2D eigenvalue weighted by atomic mass is 9.85. The topological polar surface area (TPSA) is 39.7 Å². The van der Waals surface area contributed by atoms with Gasteiger partial charge < -0.3 is 10.6 Å². The van der Waals surface area contributed by atoms with Crippen LogP contribution in [0.1, 0.15) is 57.8 Å². The Bertz CT molecular complexity index is 411. The summed E-state index contributed by atoms with van der Waals surface area (Å²) in [7, 11) is 1.92. The van der Waals surface area contributed by atoms with E-state index in [-0.39, 0.29) is 0 Å². The second-order valence-corrected chi connectivity index (χ2v) is 7.98. The first kappa shape index (κ1) is 14.8. The molecule has 3 saturated carbocycles. The molecule has 0 spiro atoms. The van der Waals surface area contributed by atoms with Gasteiger partial charge in [0.2, 0.25) is 0 Å². The summed E-state index contributed by atoms with van der Waals surface area (Å²) in [5, 5.41) is 7.37. The van der Waals surface area contributed by atoms with Crippen LogP contribution in [-0.4, -0.2) is 49.1 Å². The standard InChI is InChI=1S/C18H32N4/c1-19-18(20-14-9-10-22(12-14)15-7-8-15)21-17-11-16(17)13-5-3-2-4-6-13/h13-17H,2-12H2,1H3,(H2,19,20,21). The number of aliphatic imine (C=N–C) groups is 1. The summed E-state index contributed by atoms with van der Waals surface area (Å²) in [5.74, 6) is 2.96. The molecule has 3 unspecified atom stereocenters. The molecule has 4 nitrogen and oxygen atoms in total. The zero-order chi connectivity index (χ0) is 14.9. The van der Waals surface area contributed by atoms with Gasteiger partial charge in [-0.05, 0) is 37.5 Å². The van der Waals surface area contributed by atoms with E-state index in [1.807, 2.05) is 7.05 Å². The van der Waals surface area contributed by atoms with E-state index in [4.69, 9.17) is 0 Å². The highest BCUT2D eigenvalue weighted by molar-refractivity contribution is 5.80. The van der Waals surface area contributed by atoms with Gasteiger partial charge in [-0.2, -0.15) is 0 Å². The maximum absolute atomic E-state index is 4.47. The number of rotatable bonds is 4. The highest BCUT2D eigenvalue weighted by Crippen LogP contribution is 2.44. The Balaban J connectivity index is 1.22. The minimum atomic E-state index is 0.596. The van der Waals surface area contributed by atoms with Crippen molar-refractivity contribution in [2.75, 3.05) is 20.1 Å². The average Bonchev–Trinajstić information content (AvgIpc) is 3.47. The third-order valence-electron chi connectivity index (χ3n) is 6.26. The first-order chi connectivity index (χ1) is 10.8. The van der Waals surface area contributed by atoms with E-state index in [0.717, 1.165) is 23.8 Å². The Morgan fingerprint density at radius 2 is 1.82 bits per heavy atom. The molecule has 22 heavy (non-hydrogen) atoms. The molecule has 0 aromatic carbocycles. The van der Waals surface area contributed by atoms with Crippen molar-refractivity contribution in [3.63, 3.8) is 0 Å². The van der Waals surface area contributed by atoms with Gasteiger partial charge in [-0.1, -0.05) is 32.1 Å². The van der Waals surface area contributed by atoms with Crippen molar-refractivity contribution in [2.24, 2.45) is 16.8 Å². The van der Waals surface area contributed by atoms with Crippen LogP contribution in [0.25, 0.3) is 0 Å². The minimum Gasteiger partial charge on any atom is -0.353 e. The van der Waals surface area contributed by atoms with Crippen molar-refractivity contribution in [1.82, 2.24) is 15.5 Å². The molecule has 124 valence electrons. The summed E-state index contributed by atoms with van der Waals surface area (Å²) in [6, 6.07) is 2.19. The number of hydrogen-bond acceptors (Lipinski definition) is 2. The molecule has 0 aromatic rings. The van der Waals surface area contributed by atoms with E-state index in [2.05, 4.69) is 20.5 Å². The van der Waals surface area contributed by atoms with E-state index >= 15 is 0 Å². The Morgan fingerprint density at radius 1 is 1.00 bits per heavy atom. The summed E-state index contributed by atoms with van der Waals surface area (Å²) >= 11 is 0. The third kappa shape index (κ3) is 3.42.